The highest BCUT2D eigenvalue weighted by Crippen LogP contribution is 2.19. The van der Waals surface area contributed by atoms with Crippen LogP contribution < -0.4 is 5.32 Å². The first kappa shape index (κ1) is 19.7. The second-order valence-corrected chi connectivity index (χ2v) is 8.21. The van der Waals surface area contributed by atoms with E-state index in [9.17, 15) is 18.0 Å². The molecule has 0 spiro atoms. The highest BCUT2D eigenvalue weighted by molar-refractivity contribution is 7.90. The van der Waals surface area contributed by atoms with Crippen LogP contribution in [0.4, 0.5) is 5.69 Å². The number of nitrogens with zero attached hydrogens (tertiary/aromatic N) is 1. The highest BCUT2D eigenvalue weighted by Gasteiger charge is 2.22. The summed E-state index contributed by atoms with van der Waals surface area (Å²) in [6.07, 6.45) is 1.05. The molecule has 0 saturated carbocycles. The van der Waals surface area contributed by atoms with Crippen LogP contribution >= 0.6 is 0 Å². The van der Waals surface area contributed by atoms with Gasteiger partial charge in [0, 0.05) is 19.0 Å². The standard InChI is InChI=1S/C19H22N2O4S/c1-13-8-7-10-16(14(13)2)20-18(22)12-21(3)19(23)15-9-5-6-11-17(15)26(4,24)25/h5-11H,12H2,1-4H3,(H,20,22). The Hall–Kier alpha value is -2.67. The van der Waals surface area contributed by atoms with E-state index in [2.05, 4.69) is 5.32 Å². The van der Waals surface area contributed by atoms with Crippen molar-refractivity contribution in [3.63, 3.8) is 0 Å². The fourth-order valence-electron chi connectivity index (χ4n) is 2.54. The summed E-state index contributed by atoms with van der Waals surface area (Å²) in [5.74, 6) is -0.881. The van der Waals surface area contributed by atoms with Crippen LogP contribution in [0.25, 0.3) is 0 Å². The molecule has 2 amide bonds. The lowest BCUT2D eigenvalue weighted by Crippen LogP contribution is -2.35. The average molecular weight is 374 g/mol. The van der Waals surface area contributed by atoms with Crippen LogP contribution in [0.3, 0.4) is 0 Å². The first-order valence-corrected chi connectivity index (χ1v) is 9.91. The first-order chi connectivity index (χ1) is 12.1. The molecule has 0 aliphatic heterocycles. The van der Waals surface area contributed by atoms with Crippen molar-refractivity contribution in [3.8, 4) is 0 Å². The summed E-state index contributed by atoms with van der Waals surface area (Å²) in [6, 6.07) is 11.6. The average Bonchev–Trinajstić information content (AvgIpc) is 2.57. The number of benzene rings is 2. The van der Waals surface area contributed by atoms with Crippen LogP contribution in [-0.4, -0.2) is 45.0 Å². The molecular formula is C19H22N2O4S. The molecule has 0 fully saturated rings. The third kappa shape index (κ3) is 4.49. The normalized spacial score (nSPS) is 11.1. The van der Waals surface area contributed by atoms with Crippen molar-refractivity contribution in [1.82, 2.24) is 4.90 Å². The summed E-state index contributed by atoms with van der Waals surface area (Å²) in [7, 11) is -2.09. The number of hydrogen-bond donors (Lipinski definition) is 1. The van der Waals surface area contributed by atoms with Crippen LogP contribution in [0, 0.1) is 13.8 Å². The van der Waals surface area contributed by atoms with Crippen molar-refractivity contribution in [2.24, 2.45) is 0 Å². The summed E-state index contributed by atoms with van der Waals surface area (Å²) < 4.78 is 23.7. The highest BCUT2D eigenvalue weighted by atomic mass is 32.2. The summed E-state index contributed by atoms with van der Waals surface area (Å²) in [6.45, 7) is 3.66. The van der Waals surface area contributed by atoms with E-state index in [4.69, 9.17) is 0 Å². The van der Waals surface area contributed by atoms with Crippen molar-refractivity contribution in [1.29, 1.82) is 0 Å². The number of likely N-dealkylation sites (N-methyl/N-ethyl adjacent to an activating group) is 1. The summed E-state index contributed by atoms with van der Waals surface area (Å²) in [5, 5.41) is 2.78. The molecule has 0 radical (unpaired) electrons. The second-order valence-electron chi connectivity index (χ2n) is 6.23. The number of carbonyl (C=O) groups is 2. The van der Waals surface area contributed by atoms with Crippen LogP contribution in [0.1, 0.15) is 21.5 Å². The van der Waals surface area contributed by atoms with Gasteiger partial charge in [-0.25, -0.2) is 8.42 Å². The quantitative estimate of drug-likeness (QED) is 0.871. The van der Waals surface area contributed by atoms with Gasteiger partial charge in [0.15, 0.2) is 9.84 Å². The number of nitrogens with one attached hydrogen (secondary N) is 1. The van der Waals surface area contributed by atoms with Gasteiger partial charge in [-0.05, 0) is 43.2 Å². The van der Waals surface area contributed by atoms with Gasteiger partial charge in [0.05, 0.1) is 17.0 Å². The van der Waals surface area contributed by atoms with Crippen molar-refractivity contribution in [3.05, 3.63) is 59.2 Å². The summed E-state index contributed by atoms with van der Waals surface area (Å²) in [4.78, 5) is 26.0. The van der Waals surface area contributed by atoms with Crippen molar-refractivity contribution < 1.29 is 18.0 Å². The third-order valence-corrected chi connectivity index (χ3v) is 5.28. The number of aryl methyl sites for hydroxylation is 1. The number of anilines is 1. The molecule has 0 aromatic heterocycles. The van der Waals surface area contributed by atoms with Crippen molar-refractivity contribution >= 4 is 27.3 Å². The summed E-state index contributed by atoms with van der Waals surface area (Å²) >= 11 is 0. The van der Waals surface area contributed by atoms with Gasteiger partial charge in [0.25, 0.3) is 5.91 Å². The van der Waals surface area contributed by atoms with Gasteiger partial charge in [-0.3, -0.25) is 9.59 Å². The molecule has 138 valence electrons. The minimum atomic E-state index is -3.55. The lowest BCUT2D eigenvalue weighted by Gasteiger charge is -2.19. The van der Waals surface area contributed by atoms with E-state index in [1.54, 1.807) is 18.2 Å². The Balaban J connectivity index is 2.15. The fraction of sp³-hybridized carbons (Fsp3) is 0.263. The van der Waals surface area contributed by atoms with E-state index >= 15 is 0 Å². The predicted octanol–water partition coefficient (Wildman–Crippen LogP) is 2.42. The van der Waals surface area contributed by atoms with Crippen molar-refractivity contribution in [2.75, 3.05) is 25.2 Å². The molecule has 7 heteroatoms. The minimum Gasteiger partial charge on any atom is -0.332 e. The van der Waals surface area contributed by atoms with Gasteiger partial charge in [-0.15, -0.1) is 0 Å². The molecule has 0 aliphatic rings. The molecule has 1 N–H and O–H groups in total. The summed E-state index contributed by atoms with van der Waals surface area (Å²) in [5.41, 5.74) is 2.75. The molecule has 0 atom stereocenters. The monoisotopic (exact) mass is 374 g/mol. The van der Waals surface area contributed by atoms with E-state index in [1.807, 2.05) is 26.0 Å². The molecule has 0 heterocycles. The number of carbonyl (C=O) groups excluding carboxylic acids is 2. The van der Waals surface area contributed by atoms with Gasteiger partial charge >= 0.3 is 0 Å². The Morgan fingerprint density at radius 2 is 1.69 bits per heavy atom. The number of hydrogen-bond acceptors (Lipinski definition) is 4. The van der Waals surface area contributed by atoms with Gasteiger partial charge in [-0.1, -0.05) is 24.3 Å². The third-order valence-electron chi connectivity index (χ3n) is 4.12. The molecular weight excluding hydrogens is 352 g/mol. The molecule has 26 heavy (non-hydrogen) atoms. The van der Waals surface area contributed by atoms with Gasteiger partial charge in [0.1, 0.15) is 0 Å². The predicted molar refractivity (Wildman–Crippen MR) is 101 cm³/mol. The van der Waals surface area contributed by atoms with Crippen LogP contribution in [0.2, 0.25) is 0 Å². The number of sulfone groups is 1. The Kier molecular flexibility index (Phi) is 5.82. The molecule has 2 rings (SSSR count). The largest absolute Gasteiger partial charge is 0.332 e. The molecule has 2 aromatic carbocycles. The smallest absolute Gasteiger partial charge is 0.255 e. The maximum absolute atomic E-state index is 12.6. The van der Waals surface area contributed by atoms with E-state index in [1.165, 1.54) is 24.1 Å². The second kappa shape index (κ2) is 7.70. The molecule has 0 unspecified atom stereocenters. The fourth-order valence-corrected chi connectivity index (χ4v) is 3.42. The van der Waals surface area contributed by atoms with Gasteiger partial charge in [-0.2, -0.15) is 0 Å². The van der Waals surface area contributed by atoms with Gasteiger partial charge in [0.2, 0.25) is 5.91 Å². The van der Waals surface area contributed by atoms with Crippen LogP contribution in [0.15, 0.2) is 47.4 Å². The number of amides is 2. The Morgan fingerprint density at radius 3 is 2.35 bits per heavy atom. The zero-order chi connectivity index (χ0) is 19.5. The maximum Gasteiger partial charge on any atom is 0.255 e. The van der Waals surface area contributed by atoms with E-state index < -0.39 is 15.7 Å². The molecule has 0 aliphatic carbocycles. The number of rotatable bonds is 5. The minimum absolute atomic E-state index is 0.0493. The molecule has 0 bridgehead atoms. The molecule has 2 aromatic rings. The zero-order valence-corrected chi connectivity index (χ0v) is 16.1. The molecule has 6 nitrogen and oxygen atoms in total. The lowest BCUT2D eigenvalue weighted by atomic mass is 10.1. The van der Waals surface area contributed by atoms with Crippen molar-refractivity contribution in [2.45, 2.75) is 18.7 Å². The topological polar surface area (TPSA) is 83.6 Å². The SMILES string of the molecule is Cc1cccc(NC(=O)CN(C)C(=O)c2ccccc2S(C)(=O)=O)c1C. The first-order valence-electron chi connectivity index (χ1n) is 8.02. The van der Waals surface area contributed by atoms with E-state index in [0.29, 0.717) is 5.69 Å². The molecule has 0 saturated heterocycles. The van der Waals surface area contributed by atoms with E-state index in [-0.39, 0.29) is 22.9 Å². The van der Waals surface area contributed by atoms with Crippen LogP contribution in [-0.2, 0) is 14.6 Å². The Labute approximate surface area is 153 Å². The Morgan fingerprint density at radius 1 is 1.04 bits per heavy atom. The maximum atomic E-state index is 12.6. The lowest BCUT2D eigenvalue weighted by molar-refractivity contribution is -0.116. The zero-order valence-electron chi connectivity index (χ0n) is 15.2. The van der Waals surface area contributed by atoms with Crippen LogP contribution in [0.5, 0.6) is 0 Å². The van der Waals surface area contributed by atoms with Gasteiger partial charge < -0.3 is 10.2 Å². The van der Waals surface area contributed by atoms with E-state index in [0.717, 1.165) is 17.4 Å². The Bertz CT molecular complexity index is 952.